The van der Waals surface area contributed by atoms with Crippen molar-refractivity contribution in [2.45, 2.75) is 19.6 Å². The van der Waals surface area contributed by atoms with Gasteiger partial charge in [-0.05, 0) is 19.4 Å². The zero-order chi connectivity index (χ0) is 18.9. The molecule has 1 aromatic carbocycles. The van der Waals surface area contributed by atoms with Crippen LogP contribution in [0.15, 0.2) is 30.3 Å². The van der Waals surface area contributed by atoms with Crippen molar-refractivity contribution in [3.8, 4) is 0 Å². The number of hydrogen-bond acceptors (Lipinski definition) is 4. The Kier molecular flexibility index (Phi) is 5.15. The van der Waals surface area contributed by atoms with Gasteiger partial charge in [-0.3, -0.25) is 9.48 Å². The van der Waals surface area contributed by atoms with Crippen molar-refractivity contribution in [1.82, 2.24) is 19.0 Å². The highest BCUT2D eigenvalue weighted by molar-refractivity contribution is 7.88. The van der Waals surface area contributed by atoms with Crippen LogP contribution in [0.4, 0.5) is 0 Å². The van der Waals surface area contributed by atoms with Crippen molar-refractivity contribution in [2.75, 3.05) is 26.2 Å². The van der Waals surface area contributed by atoms with Crippen molar-refractivity contribution in [2.24, 2.45) is 7.05 Å². The molecule has 1 aromatic heterocycles. The molecule has 1 aliphatic rings. The summed E-state index contributed by atoms with van der Waals surface area (Å²) >= 11 is 0. The Hall–Kier alpha value is -2.19. The van der Waals surface area contributed by atoms with Gasteiger partial charge in [0.15, 0.2) is 0 Å². The van der Waals surface area contributed by atoms with E-state index in [1.54, 1.807) is 9.58 Å². The van der Waals surface area contributed by atoms with Crippen LogP contribution < -0.4 is 0 Å². The van der Waals surface area contributed by atoms with Crippen LogP contribution in [0.3, 0.4) is 0 Å². The molecule has 1 amide bonds. The number of benzene rings is 1. The van der Waals surface area contributed by atoms with Gasteiger partial charge in [-0.1, -0.05) is 30.3 Å². The Labute approximate surface area is 154 Å². The van der Waals surface area contributed by atoms with Crippen LogP contribution >= 0.6 is 0 Å². The molecular weight excluding hydrogens is 352 g/mol. The molecule has 2 aromatic rings. The predicted molar refractivity (Wildman–Crippen MR) is 99.2 cm³/mol. The number of aromatic nitrogens is 2. The molecule has 2 heterocycles. The van der Waals surface area contributed by atoms with Crippen LogP contribution in [0.2, 0.25) is 0 Å². The first-order chi connectivity index (χ1) is 12.3. The van der Waals surface area contributed by atoms with Gasteiger partial charge < -0.3 is 4.90 Å². The molecule has 8 heteroatoms. The predicted octanol–water partition coefficient (Wildman–Crippen LogP) is 1.32. The second kappa shape index (κ2) is 7.20. The van der Waals surface area contributed by atoms with E-state index in [1.807, 2.05) is 51.2 Å². The molecule has 0 saturated carbocycles. The molecule has 0 radical (unpaired) electrons. The maximum absolute atomic E-state index is 12.8. The number of aryl methyl sites for hydroxylation is 2. The summed E-state index contributed by atoms with van der Waals surface area (Å²) in [6.07, 6.45) is 0. The lowest BCUT2D eigenvalue weighted by Crippen LogP contribution is -2.50. The molecule has 140 valence electrons. The molecular formula is C18H24N4O3S. The lowest BCUT2D eigenvalue weighted by molar-refractivity contribution is 0.0696. The van der Waals surface area contributed by atoms with Gasteiger partial charge in [0.2, 0.25) is 10.0 Å². The molecule has 0 N–H and O–H groups in total. The molecule has 0 aliphatic carbocycles. The lowest BCUT2D eigenvalue weighted by Gasteiger charge is -2.34. The number of sulfonamides is 1. The van der Waals surface area contributed by atoms with E-state index in [2.05, 4.69) is 5.10 Å². The number of piperazine rings is 1. The van der Waals surface area contributed by atoms with Crippen molar-refractivity contribution < 1.29 is 13.2 Å². The minimum atomic E-state index is -3.38. The number of nitrogens with zero attached hydrogens (tertiary/aromatic N) is 4. The molecule has 1 aliphatic heterocycles. The molecule has 3 rings (SSSR count). The fourth-order valence-electron chi connectivity index (χ4n) is 3.29. The minimum Gasteiger partial charge on any atom is -0.336 e. The molecule has 1 fully saturated rings. The Morgan fingerprint density at radius 2 is 1.69 bits per heavy atom. The van der Waals surface area contributed by atoms with Gasteiger partial charge in [-0.2, -0.15) is 9.40 Å². The van der Waals surface area contributed by atoms with Gasteiger partial charge in [0.25, 0.3) is 5.91 Å². The van der Waals surface area contributed by atoms with Crippen LogP contribution in [-0.4, -0.2) is 59.5 Å². The summed E-state index contributed by atoms with van der Waals surface area (Å²) in [5.74, 6) is -0.0870. The highest BCUT2D eigenvalue weighted by Crippen LogP contribution is 2.18. The number of carbonyl (C=O) groups is 1. The maximum Gasteiger partial charge on any atom is 0.257 e. The van der Waals surface area contributed by atoms with E-state index in [1.165, 1.54) is 4.31 Å². The second-order valence-electron chi connectivity index (χ2n) is 6.60. The first-order valence-electron chi connectivity index (χ1n) is 8.61. The van der Waals surface area contributed by atoms with Gasteiger partial charge in [0.05, 0.1) is 17.0 Å². The Morgan fingerprint density at radius 3 is 2.23 bits per heavy atom. The number of amides is 1. The molecule has 0 atom stereocenters. The van der Waals surface area contributed by atoms with Gasteiger partial charge in [-0.25, -0.2) is 8.42 Å². The van der Waals surface area contributed by atoms with E-state index in [0.29, 0.717) is 37.4 Å². The normalized spacial score (nSPS) is 16.0. The fraction of sp³-hybridized carbons (Fsp3) is 0.444. The summed E-state index contributed by atoms with van der Waals surface area (Å²) in [4.78, 5) is 14.5. The van der Waals surface area contributed by atoms with Crippen LogP contribution in [-0.2, 0) is 22.8 Å². The van der Waals surface area contributed by atoms with Crippen LogP contribution in [0.5, 0.6) is 0 Å². The quantitative estimate of drug-likeness (QED) is 0.807. The summed E-state index contributed by atoms with van der Waals surface area (Å²) in [5, 5.41) is 4.29. The Bertz CT molecular complexity index is 898. The topological polar surface area (TPSA) is 75.5 Å². The largest absolute Gasteiger partial charge is 0.336 e. The SMILES string of the molecule is Cc1nn(C)c(C)c1C(=O)N1CCN(S(=O)(=O)Cc2ccccc2)CC1. The second-order valence-corrected chi connectivity index (χ2v) is 8.57. The van der Waals surface area contributed by atoms with Crippen molar-refractivity contribution in [3.05, 3.63) is 52.8 Å². The van der Waals surface area contributed by atoms with Crippen molar-refractivity contribution in [3.63, 3.8) is 0 Å². The van der Waals surface area contributed by atoms with Crippen molar-refractivity contribution in [1.29, 1.82) is 0 Å². The third-order valence-electron chi connectivity index (χ3n) is 4.83. The van der Waals surface area contributed by atoms with Crippen LogP contribution in [0.25, 0.3) is 0 Å². The van der Waals surface area contributed by atoms with E-state index in [-0.39, 0.29) is 11.7 Å². The maximum atomic E-state index is 12.8. The van der Waals surface area contributed by atoms with E-state index < -0.39 is 10.0 Å². The molecule has 7 nitrogen and oxygen atoms in total. The Balaban J connectivity index is 1.66. The highest BCUT2D eigenvalue weighted by atomic mass is 32.2. The Morgan fingerprint density at radius 1 is 1.08 bits per heavy atom. The zero-order valence-corrected chi connectivity index (χ0v) is 16.2. The van der Waals surface area contributed by atoms with Crippen molar-refractivity contribution >= 4 is 15.9 Å². The number of rotatable bonds is 4. The number of hydrogen-bond donors (Lipinski definition) is 0. The molecule has 0 spiro atoms. The molecule has 1 saturated heterocycles. The van der Waals surface area contributed by atoms with E-state index in [9.17, 15) is 13.2 Å². The summed E-state index contributed by atoms with van der Waals surface area (Å²) in [5.41, 5.74) is 2.92. The van der Waals surface area contributed by atoms with Gasteiger partial charge >= 0.3 is 0 Å². The van der Waals surface area contributed by atoms with E-state index in [0.717, 1.165) is 11.3 Å². The van der Waals surface area contributed by atoms with Gasteiger partial charge in [0, 0.05) is 38.9 Å². The summed E-state index contributed by atoms with van der Waals surface area (Å²) < 4.78 is 28.4. The first-order valence-corrected chi connectivity index (χ1v) is 10.2. The highest BCUT2D eigenvalue weighted by Gasteiger charge is 2.31. The average Bonchev–Trinajstić information content (AvgIpc) is 2.87. The lowest BCUT2D eigenvalue weighted by atomic mass is 10.1. The fourth-order valence-corrected chi connectivity index (χ4v) is 4.80. The van der Waals surface area contributed by atoms with Crippen LogP contribution in [0.1, 0.15) is 27.3 Å². The smallest absolute Gasteiger partial charge is 0.257 e. The first kappa shape index (κ1) is 18.6. The molecule has 0 bridgehead atoms. The summed E-state index contributed by atoms with van der Waals surface area (Å²) in [7, 11) is -1.57. The summed E-state index contributed by atoms with van der Waals surface area (Å²) in [6, 6.07) is 9.15. The third kappa shape index (κ3) is 3.66. The minimum absolute atomic E-state index is 0.0113. The zero-order valence-electron chi connectivity index (χ0n) is 15.3. The third-order valence-corrected chi connectivity index (χ3v) is 6.68. The molecule has 0 unspecified atom stereocenters. The van der Waals surface area contributed by atoms with E-state index >= 15 is 0 Å². The standard InChI is InChI=1S/C18H24N4O3S/c1-14-17(15(2)20(3)19-14)18(23)21-9-11-22(12-10-21)26(24,25)13-16-7-5-4-6-8-16/h4-8H,9-13H2,1-3H3. The summed E-state index contributed by atoms with van der Waals surface area (Å²) in [6.45, 7) is 5.11. The van der Waals surface area contributed by atoms with Crippen LogP contribution in [0, 0.1) is 13.8 Å². The van der Waals surface area contributed by atoms with Gasteiger partial charge in [-0.15, -0.1) is 0 Å². The average molecular weight is 376 g/mol. The van der Waals surface area contributed by atoms with E-state index in [4.69, 9.17) is 0 Å². The van der Waals surface area contributed by atoms with Gasteiger partial charge in [0.1, 0.15) is 0 Å². The molecule has 26 heavy (non-hydrogen) atoms. The monoisotopic (exact) mass is 376 g/mol. The number of carbonyl (C=O) groups excluding carboxylic acids is 1.